The van der Waals surface area contributed by atoms with Gasteiger partial charge in [0.05, 0.1) is 7.11 Å². The molecule has 2 nitrogen and oxygen atoms in total. The lowest BCUT2D eigenvalue weighted by atomic mass is 9.93. The van der Waals surface area contributed by atoms with Crippen molar-refractivity contribution in [2.75, 3.05) is 7.11 Å². The van der Waals surface area contributed by atoms with E-state index >= 15 is 0 Å². The third-order valence-electron chi connectivity index (χ3n) is 1.85. The molecule has 0 saturated carbocycles. The number of allylic oxidation sites excluding steroid dienone is 3. The molecule has 1 unspecified atom stereocenters. The lowest BCUT2D eigenvalue weighted by molar-refractivity contribution is -0.136. The van der Waals surface area contributed by atoms with Crippen molar-refractivity contribution >= 4 is 5.97 Å². The molecule has 1 aliphatic carbocycles. The molecule has 0 aromatic rings. The van der Waals surface area contributed by atoms with Gasteiger partial charge in [-0.15, -0.1) is 0 Å². The predicted octanol–water partition coefficient (Wildman–Crippen LogP) is 1.68. The Morgan fingerprint density at radius 1 is 1.73 bits per heavy atom. The standard InChI is InChI=1S/C9H12O2/c1-7-5-3-4-6-8(7)9(10)11-2/h3-4,6-7H,5H2,1-2H3. The molecule has 11 heavy (non-hydrogen) atoms. The maximum atomic E-state index is 11.1. The van der Waals surface area contributed by atoms with Crippen molar-refractivity contribution in [2.24, 2.45) is 5.92 Å². The van der Waals surface area contributed by atoms with E-state index in [1.54, 1.807) is 0 Å². The monoisotopic (exact) mass is 152 g/mol. The Kier molecular flexibility index (Phi) is 2.47. The Balaban J connectivity index is 2.75. The minimum atomic E-state index is -0.207. The van der Waals surface area contributed by atoms with Gasteiger partial charge in [-0.3, -0.25) is 0 Å². The summed E-state index contributed by atoms with van der Waals surface area (Å²) < 4.78 is 4.62. The molecule has 0 aromatic carbocycles. The van der Waals surface area contributed by atoms with Gasteiger partial charge in [0, 0.05) is 5.57 Å². The molecule has 1 rings (SSSR count). The quantitative estimate of drug-likeness (QED) is 0.534. The van der Waals surface area contributed by atoms with Gasteiger partial charge in [-0.1, -0.05) is 25.2 Å². The average Bonchev–Trinajstić information content (AvgIpc) is 2.04. The Hall–Kier alpha value is -1.05. The Labute approximate surface area is 66.5 Å². The molecule has 0 radical (unpaired) electrons. The smallest absolute Gasteiger partial charge is 0.334 e. The minimum absolute atomic E-state index is 0.207. The van der Waals surface area contributed by atoms with E-state index in [4.69, 9.17) is 0 Å². The third-order valence-corrected chi connectivity index (χ3v) is 1.85. The lowest BCUT2D eigenvalue weighted by Gasteiger charge is -2.13. The van der Waals surface area contributed by atoms with E-state index < -0.39 is 0 Å². The molecule has 0 bridgehead atoms. The van der Waals surface area contributed by atoms with Gasteiger partial charge in [-0.25, -0.2) is 4.79 Å². The second-order valence-corrected chi connectivity index (χ2v) is 2.68. The van der Waals surface area contributed by atoms with E-state index in [2.05, 4.69) is 10.8 Å². The summed E-state index contributed by atoms with van der Waals surface area (Å²) in [6.07, 6.45) is 6.70. The van der Waals surface area contributed by atoms with E-state index in [1.165, 1.54) is 7.11 Å². The van der Waals surface area contributed by atoms with Gasteiger partial charge < -0.3 is 4.74 Å². The number of rotatable bonds is 1. The van der Waals surface area contributed by atoms with Gasteiger partial charge >= 0.3 is 5.97 Å². The minimum Gasteiger partial charge on any atom is -0.466 e. The van der Waals surface area contributed by atoms with E-state index in [0.717, 1.165) is 12.0 Å². The van der Waals surface area contributed by atoms with Crippen molar-refractivity contribution in [1.29, 1.82) is 0 Å². The Morgan fingerprint density at radius 2 is 2.45 bits per heavy atom. The summed E-state index contributed by atoms with van der Waals surface area (Å²) in [7, 11) is 1.41. The van der Waals surface area contributed by atoms with Crippen LogP contribution in [0.5, 0.6) is 0 Å². The molecule has 0 spiro atoms. The molecule has 2 heteroatoms. The highest BCUT2D eigenvalue weighted by Gasteiger charge is 2.17. The molecule has 0 fully saturated rings. The van der Waals surface area contributed by atoms with Gasteiger partial charge in [-0.05, 0) is 12.3 Å². The van der Waals surface area contributed by atoms with Crippen molar-refractivity contribution in [3.63, 3.8) is 0 Å². The van der Waals surface area contributed by atoms with Crippen molar-refractivity contribution in [3.8, 4) is 0 Å². The number of esters is 1. The lowest BCUT2D eigenvalue weighted by Crippen LogP contribution is -2.13. The topological polar surface area (TPSA) is 26.3 Å². The van der Waals surface area contributed by atoms with Crippen LogP contribution in [0.1, 0.15) is 13.3 Å². The number of carbonyl (C=O) groups excluding carboxylic acids is 1. The molecule has 1 aliphatic rings. The summed E-state index contributed by atoms with van der Waals surface area (Å²) in [4.78, 5) is 11.1. The van der Waals surface area contributed by atoms with Crippen LogP contribution in [0.2, 0.25) is 0 Å². The fourth-order valence-corrected chi connectivity index (χ4v) is 1.13. The van der Waals surface area contributed by atoms with Crippen molar-refractivity contribution < 1.29 is 9.53 Å². The summed E-state index contributed by atoms with van der Waals surface area (Å²) in [5.41, 5.74) is 0.773. The summed E-state index contributed by atoms with van der Waals surface area (Å²) in [6.45, 7) is 2.02. The number of carbonyl (C=O) groups is 1. The molecule has 0 N–H and O–H groups in total. The summed E-state index contributed by atoms with van der Waals surface area (Å²) in [5, 5.41) is 0. The Bertz CT molecular complexity index is 214. The highest BCUT2D eigenvalue weighted by Crippen LogP contribution is 2.20. The largest absolute Gasteiger partial charge is 0.466 e. The van der Waals surface area contributed by atoms with Crippen LogP contribution in [0.15, 0.2) is 23.8 Å². The van der Waals surface area contributed by atoms with Crippen LogP contribution in [0, 0.1) is 5.92 Å². The number of methoxy groups -OCH3 is 1. The predicted molar refractivity (Wildman–Crippen MR) is 43.0 cm³/mol. The first kappa shape index (κ1) is 8.05. The van der Waals surface area contributed by atoms with Gasteiger partial charge in [-0.2, -0.15) is 0 Å². The third kappa shape index (κ3) is 1.70. The van der Waals surface area contributed by atoms with Gasteiger partial charge in [0.25, 0.3) is 0 Å². The SMILES string of the molecule is COC(=O)C1=CC=CCC1C. The first-order valence-electron chi connectivity index (χ1n) is 3.70. The van der Waals surface area contributed by atoms with Crippen LogP contribution >= 0.6 is 0 Å². The van der Waals surface area contributed by atoms with Gasteiger partial charge in [0.1, 0.15) is 0 Å². The van der Waals surface area contributed by atoms with E-state index in [-0.39, 0.29) is 5.97 Å². The molecule has 0 amide bonds. The highest BCUT2D eigenvalue weighted by molar-refractivity contribution is 5.89. The van der Waals surface area contributed by atoms with Crippen LogP contribution < -0.4 is 0 Å². The maximum absolute atomic E-state index is 11.1. The summed E-state index contributed by atoms with van der Waals surface area (Å²) in [6, 6.07) is 0. The van der Waals surface area contributed by atoms with E-state index in [0.29, 0.717) is 5.92 Å². The number of hydrogen-bond acceptors (Lipinski definition) is 2. The van der Waals surface area contributed by atoms with Crippen LogP contribution in [0.25, 0.3) is 0 Å². The zero-order valence-corrected chi connectivity index (χ0v) is 6.83. The number of ether oxygens (including phenoxy) is 1. The summed E-state index contributed by atoms with van der Waals surface area (Å²) in [5.74, 6) is 0.0919. The molecule has 0 heterocycles. The second-order valence-electron chi connectivity index (χ2n) is 2.68. The first-order chi connectivity index (χ1) is 5.25. The zero-order valence-electron chi connectivity index (χ0n) is 6.83. The van der Waals surface area contributed by atoms with Crippen LogP contribution in [0.4, 0.5) is 0 Å². The van der Waals surface area contributed by atoms with Crippen LogP contribution in [-0.2, 0) is 9.53 Å². The molecule has 60 valence electrons. The Morgan fingerprint density at radius 3 is 3.00 bits per heavy atom. The van der Waals surface area contributed by atoms with Crippen molar-refractivity contribution in [2.45, 2.75) is 13.3 Å². The molecular weight excluding hydrogens is 140 g/mol. The van der Waals surface area contributed by atoms with Crippen LogP contribution in [-0.4, -0.2) is 13.1 Å². The molecule has 0 aromatic heterocycles. The van der Waals surface area contributed by atoms with Crippen LogP contribution in [0.3, 0.4) is 0 Å². The fraction of sp³-hybridized carbons (Fsp3) is 0.444. The molecule has 0 saturated heterocycles. The average molecular weight is 152 g/mol. The number of hydrogen-bond donors (Lipinski definition) is 0. The molecule has 1 atom stereocenters. The van der Waals surface area contributed by atoms with Gasteiger partial charge in [0.2, 0.25) is 0 Å². The maximum Gasteiger partial charge on any atom is 0.334 e. The molecule has 0 aliphatic heterocycles. The van der Waals surface area contributed by atoms with Crippen molar-refractivity contribution in [3.05, 3.63) is 23.8 Å². The van der Waals surface area contributed by atoms with E-state index in [1.807, 2.05) is 19.1 Å². The van der Waals surface area contributed by atoms with Gasteiger partial charge in [0.15, 0.2) is 0 Å². The van der Waals surface area contributed by atoms with E-state index in [9.17, 15) is 4.79 Å². The zero-order chi connectivity index (χ0) is 8.27. The first-order valence-corrected chi connectivity index (χ1v) is 3.70. The summed E-state index contributed by atoms with van der Waals surface area (Å²) >= 11 is 0. The molecular formula is C9H12O2. The normalized spacial score (nSPS) is 22.7. The second kappa shape index (κ2) is 3.37. The fourth-order valence-electron chi connectivity index (χ4n) is 1.13. The highest BCUT2D eigenvalue weighted by atomic mass is 16.5. The van der Waals surface area contributed by atoms with Crippen molar-refractivity contribution in [1.82, 2.24) is 0 Å².